The lowest BCUT2D eigenvalue weighted by molar-refractivity contribution is -0.140. The standard InChI is InChI=1S/C33H37F3N8O2Si/c1-45-32-27(28(21-9-10-21)38-18-39-32)30-37-16-24-29(41-30)25(44(42-24)19-46-13-14-47(2,3)4)15-20-5-7-22(8-6-20)31-40-26(33(34,35)36)17-43(31)23-11-12-23/h5-8,16-18,21,23H,9-15,19H2,1-4H3. The number of aromatic nitrogens is 8. The Bertz CT molecular complexity index is 1910. The molecule has 246 valence electrons. The molecule has 0 N–H and O–H groups in total. The van der Waals surface area contributed by atoms with Gasteiger partial charge in [-0.1, -0.05) is 43.9 Å². The summed E-state index contributed by atoms with van der Waals surface area (Å²) in [5, 5.41) is 4.81. The average Bonchev–Trinajstić information content (AvgIpc) is 3.98. The van der Waals surface area contributed by atoms with Crippen LogP contribution in [0.5, 0.6) is 5.88 Å². The normalized spacial score (nSPS) is 15.5. The Morgan fingerprint density at radius 2 is 1.74 bits per heavy atom. The first-order valence-corrected chi connectivity index (χ1v) is 19.6. The summed E-state index contributed by atoms with van der Waals surface area (Å²) in [7, 11) is 0.291. The molecule has 5 aromatic rings. The second-order valence-electron chi connectivity index (χ2n) is 13.6. The lowest BCUT2D eigenvalue weighted by atomic mass is 10.1. The van der Waals surface area contributed by atoms with Crippen LogP contribution in [0.25, 0.3) is 33.8 Å². The third-order valence-corrected chi connectivity index (χ3v) is 10.3. The molecular formula is C33H37F3N8O2Si. The van der Waals surface area contributed by atoms with Gasteiger partial charge < -0.3 is 14.0 Å². The molecule has 0 saturated heterocycles. The van der Waals surface area contributed by atoms with Gasteiger partial charge in [-0.25, -0.2) is 29.6 Å². The highest BCUT2D eigenvalue weighted by molar-refractivity contribution is 6.76. The number of alkyl halides is 3. The number of nitrogens with zero attached hydrogens (tertiary/aromatic N) is 8. The van der Waals surface area contributed by atoms with E-state index in [1.807, 2.05) is 28.9 Å². The summed E-state index contributed by atoms with van der Waals surface area (Å²) in [4.78, 5) is 22.6. The van der Waals surface area contributed by atoms with Crippen molar-refractivity contribution in [3.8, 4) is 28.7 Å². The SMILES string of the molecule is COc1ncnc(C2CC2)c1-c1ncc2nn(COCC[Si](C)(C)C)c(Cc3ccc(-c4nc(C(F)(F)F)cn4C4CC4)cc3)c2n1. The van der Waals surface area contributed by atoms with Crippen molar-refractivity contribution in [3.63, 3.8) is 0 Å². The minimum absolute atomic E-state index is 0.0536. The summed E-state index contributed by atoms with van der Waals surface area (Å²) in [6.45, 7) is 7.82. The molecule has 0 aliphatic heterocycles. The highest BCUT2D eigenvalue weighted by atomic mass is 28.3. The van der Waals surface area contributed by atoms with E-state index in [4.69, 9.17) is 19.6 Å². The molecule has 2 aliphatic rings. The number of imidazole rings is 1. The predicted octanol–water partition coefficient (Wildman–Crippen LogP) is 7.29. The van der Waals surface area contributed by atoms with E-state index in [-0.39, 0.29) is 12.8 Å². The van der Waals surface area contributed by atoms with Crippen LogP contribution in [0, 0.1) is 0 Å². The first kappa shape index (κ1) is 31.4. The minimum Gasteiger partial charge on any atom is -0.480 e. The van der Waals surface area contributed by atoms with Crippen molar-refractivity contribution in [2.24, 2.45) is 0 Å². The first-order chi connectivity index (χ1) is 22.5. The second kappa shape index (κ2) is 12.1. The molecule has 2 fully saturated rings. The highest BCUT2D eigenvalue weighted by Crippen LogP contribution is 2.45. The molecule has 14 heteroatoms. The van der Waals surface area contributed by atoms with E-state index in [1.165, 1.54) is 6.33 Å². The van der Waals surface area contributed by atoms with E-state index < -0.39 is 19.9 Å². The Labute approximate surface area is 271 Å². The first-order valence-electron chi connectivity index (χ1n) is 15.9. The number of hydrogen-bond acceptors (Lipinski definition) is 8. The topological polar surface area (TPSA) is 106 Å². The third-order valence-electron chi connectivity index (χ3n) is 8.56. The van der Waals surface area contributed by atoms with Gasteiger partial charge in [0.25, 0.3) is 0 Å². The molecule has 7 rings (SSSR count). The maximum absolute atomic E-state index is 13.5. The Kier molecular flexibility index (Phi) is 8.11. The monoisotopic (exact) mass is 662 g/mol. The zero-order valence-corrected chi connectivity index (χ0v) is 27.9. The molecule has 0 atom stereocenters. The zero-order chi connectivity index (χ0) is 32.9. The van der Waals surface area contributed by atoms with Crippen LogP contribution in [0.15, 0.2) is 43.0 Å². The number of methoxy groups -OCH3 is 1. The average molecular weight is 663 g/mol. The molecule has 0 amide bonds. The number of benzene rings is 1. The molecule has 10 nitrogen and oxygen atoms in total. The van der Waals surface area contributed by atoms with Crippen molar-refractivity contribution < 1.29 is 22.6 Å². The number of ether oxygens (including phenoxy) is 2. The summed E-state index contributed by atoms with van der Waals surface area (Å²) in [5.74, 6) is 1.56. The van der Waals surface area contributed by atoms with Crippen LogP contribution >= 0.6 is 0 Å². The third kappa shape index (κ3) is 6.79. The van der Waals surface area contributed by atoms with Crippen LogP contribution in [0.3, 0.4) is 0 Å². The van der Waals surface area contributed by atoms with Gasteiger partial charge in [-0.3, -0.25) is 0 Å². The van der Waals surface area contributed by atoms with E-state index in [2.05, 4.69) is 39.6 Å². The van der Waals surface area contributed by atoms with Gasteiger partial charge in [0.15, 0.2) is 11.5 Å². The van der Waals surface area contributed by atoms with Gasteiger partial charge in [-0.15, -0.1) is 0 Å². The molecule has 4 heterocycles. The summed E-state index contributed by atoms with van der Waals surface area (Å²) < 4.78 is 55.8. The minimum atomic E-state index is -4.50. The van der Waals surface area contributed by atoms with Crippen molar-refractivity contribution >= 4 is 19.1 Å². The van der Waals surface area contributed by atoms with Gasteiger partial charge in [-0.05, 0) is 37.3 Å². The van der Waals surface area contributed by atoms with Crippen molar-refractivity contribution in [2.75, 3.05) is 13.7 Å². The van der Waals surface area contributed by atoms with E-state index in [9.17, 15) is 13.2 Å². The predicted molar refractivity (Wildman–Crippen MR) is 173 cm³/mol. The van der Waals surface area contributed by atoms with Gasteiger partial charge in [-0.2, -0.15) is 18.3 Å². The lowest BCUT2D eigenvalue weighted by Crippen LogP contribution is -2.22. The quantitative estimate of drug-likeness (QED) is 0.101. The molecule has 1 aromatic carbocycles. The number of rotatable bonds is 12. The molecule has 47 heavy (non-hydrogen) atoms. The maximum atomic E-state index is 13.5. The van der Waals surface area contributed by atoms with E-state index in [0.29, 0.717) is 58.6 Å². The van der Waals surface area contributed by atoms with Crippen molar-refractivity contribution in [3.05, 3.63) is 65.6 Å². The van der Waals surface area contributed by atoms with Gasteiger partial charge in [0.05, 0.1) is 24.7 Å². The summed E-state index contributed by atoms with van der Waals surface area (Å²) in [6.07, 6.45) is 4.11. The summed E-state index contributed by atoms with van der Waals surface area (Å²) >= 11 is 0. The van der Waals surface area contributed by atoms with E-state index >= 15 is 0 Å². The zero-order valence-electron chi connectivity index (χ0n) is 26.9. The molecule has 4 aromatic heterocycles. The smallest absolute Gasteiger partial charge is 0.434 e. The van der Waals surface area contributed by atoms with Crippen molar-refractivity contribution in [2.45, 2.75) is 82.7 Å². The van der Waals surface area contributed by atoms with Crippen LogP contribution in [0.4, 0.5) is 13.2 Å². The molecule has 0 spiro atoms. The van der Waals surface area contributed by atoms with Gasteiger partial charge in [0.1, 0.15) is 35.5 Å². The van der Waals surface area contributed by atoms with Crippen LogP contribution in [-0.4, -0.2) is 61.1 Å². The molecule has 0 unspecified atom stereocenters. The fourth-order valence-corrected chi connectivity index (χ4v) is 6.42. The number of halogens is 3. The van der Waals surface area contributed by atoms with Gasteiger partial charge in [0.2, 0.25) is 5.88 Å². The van der Waals surface area contributed by atoms with Crippen molar-refractivity contribution in [1.82, 2.24) is 39.3 Å². The maximum Gasteiger partial charge on any atom is 0.434 e. The Morgan fingerprint density at radius 1 is 0.979 bits per heavy atom. The Morgan fingerprint density at radius 3 is 2.40 bits per heavy atom. The number of hydrogen-bond donors (Lipinski definition) is 0. The number of fused-ring (bicyclic) bond motifs is 1. The fourth-order valence-electron chi connectivity index (χ4n) is 5.66. The summed E-state index contributed by atoms with van der Waals surface area (Å²) in [5.41, 5.74) is 4.44. The molecule has 2 saturated carbocycles. The Balaban J connectivity index is 1.24. The van der Waals surface area contributed by atoms with Crippen LogP contribution in [0.1, 0.15) is 60.3 Å². The van der Waals surface area contributed by atoms with E-state index in [1.54, 1.807) is 17.9 Å². The molecular weight excluding hydrogens is 625 g/mol. The van der Waals surface area contributed by atoms with Crippen molar-refractivity contribution in [1.29, 1.82) is 0 Å². The Hall–Kier alpha value is -4.17. The van der Waals surface area contributed by atoms with Crippen LogP contribution < -0.4 is 4.74 Å². The van der Waals surface area contributed by atoms with E-state index in [0.717, 1.165) is 54.9 Å². The van der Waals surface area contributed by atoms with Gasteiger partial charge in [0, 0.05) is 44.8 Å². The van der Waals surface area contributed by atoms with Crippen LogP contribution in [-0.2, 0) is 24.1 Å². The van der Waals surface area contributed by atoms with Crippen LogP contribution in [0.2, 0.25) is 25.7 Å². The second-order valence-corrected chi connectivity index (χ2v) is 19.2. The molecule has 0 radical (unpaired) electrons. The summed E-state index contributed by atoms with van der Waals surface area (Å²) in [6, 6.07) is 8.59. The lowest BCUT2D eigenvalue weighted by Gasteiger charge is -2.16. The fraction of sp³-hybridized carbons (Fsp3) is 0.455. The molecule has 0 bridgehead atoms. The largest absolute Gasteiger partial charge is 0.480 e. The van der Waals surface area contributed by atoms with Gasteiger partial charge >= 0.3 is 6.18 Å². The highest BCUT2D eigenvalue weighted by Gasteiger charge is 2.37. The molecule has 2 aliphatic carbocycles.